The predicted molar refractivity (Wildman–Crippen MR) is 114 cm³/mol. The Morgan fingerprint density at radius 3 is 2.54 bits per heavy atom. The monoisotopic (exact) mass is 430 g/mol. The van der Waals surface area contributed by atoms with Crippen molar-refractivity contribution in [1.29, 1.82) is 0 Å². The Labute approximate surface area is 172 Å². The zero-order chi connectivity index (χ0) is 20.8. The predicted octanol–water partition coefficient (Wildman–Crippen LogP) is 2.65. The van der Waals surface area contributed by atoms with E-state index < -0.39 is 10.0 Å². The van der Waals surface area contributed by atoms with Gasteiger partial charge in [-0.25, -0.2) is 8.42 Å². The minimum Gasteiger partial charge on any atom is -0.486 e. The first-order chi connectivity index (χ1) is 13.1. The molecule has 1 heterocycles. The summed E-state index contributed by atoms with van der Waals surface area (Å²) < 4.78 is 36.9. The number of sulfonamides is 1. The van der Waals surface area contributed by atoms with Gasteiger partial charge in [0.2, 0.25) is 15.9 Å². The highest BCUT2D eigenvalue weighted by molar-refractivity contribution is 8.00. The zero-order valence-electron chi connectivity index (χ0n) is 17.0. The number of nitrogens with zero attached hydrogens (tertiary/aromatic N) is 1. The summed E-state index contributed by atoms with van der Waals surface area (Å²) in [5, 5.41) is 2.88. The third-order valence-electron chi connectivity index (χ3n) is 3.94. The second kappa shape index (κ2) is 9.73. The van der Waals surface area contributed by atoms with Crippen molar-refractivity contribution < 1.29 is 22.7 Å². The summed E-state index contributed by atoms with van der Waals surface area (Å²) in [6.07, 6.45) is 1.87. The Kier molecular flexibility index (Phi) is 7.88. The third-order valence-corrected chi connectivity index (χ3v) is 6.41. The molecule has 0 spiro atoms. The van der Waals surface area contributed by atoms with Crippen molar-refractivity contribution in [3.05, 3.63) is 18.2 Å². The Morgan fingerprint density at radius 2 is 1.89 bits per heavy atom. The first-order valence-electron chi connectivity index (χ1n) is 9.34. The summed E-state index contributed by atoms with van der Waals surface area (Å²) in [6.45, 7) is 8.15. The lowest BCUT2D eigenvalue weighted by molar-refractivity contribution is -0.121. The van der Waals surface area contributed by atoms with Crippen molar-refractivity contribution in [2.45, 2.75) is 38.4 Å². The second-order valence-corrected chi connectivity index (χ2v) is 11.4. The molecule has 1 aliphatic heterocycles. The summed E-state index contributed by atoms with van der Waals surface area (Å²) in [7, 11) is -3.48. The van der Waals surface area contributed by atoms with Crippen LogP contribution in [0.2, 0.25) is 0 Å². The number of thioether (sulfide) groups is 1. The molecule has 1 aromatic carbocycles. The molecule has 1 aromatic rings. The van der Waals surface area contributed by atoms with Crippen LogP contribution in [-0.2, 0) is 14.8 Å². The maximum Gasteiger partial charge on any atom is 0.232 e. The van der Waals surface area contributed by atoms with Gasteiger partial charge in [-0.2, -0.15) is 11.8 Å². The number of amides is 1. The van der Waals surface area contributed by atoms with Crippen LogP contribution in [0.5, 0.6) is 11.5 Å². The van der Waals surface area contributed by atoms with Gasteiger partial charge in [-0.05, 0) is 18.6 Å². The van der Waals surface area contributed by atoms with Crippen LogP contribution in [0.25, 0.3) is 0 Å². The molecule has 0 unspecified atom stereocenters. The molecule has 1 amide bonds. The number of carbonyl (C=O) groups excluding carboxylic acids is 1. The number of hydrogen-bond acceptors (Lipinski definition) is 6. The van der Waals surface area contributed by atoms with Gasteiger partial charge in [0.05, 0.1) is 11.9 Å². The van der Waals surface area contributed by atoms with Crippen LogP contribution in [0.4, 0.5) is 5.69 Å². The zero-order valence-corrected chi connectivity index (χ0v) is 18.6. The SMILES string of the molecule is CC(C)(C)SCCNC(=O)CCCN(c1ccc2c(c1)OCCO2)S(C)(=O)=O. The lowest BCUT2D eigenvalue weighted by Gasteiger charge is -2.25. The first-order valence-corrected chi connectivity index (χ1v) is 12.2. The van der Waals surface area contributed by atoms with E-state index in [0.717, 1.165) is 12.0 Å². The molecule has 0 aromatic heterocycles. The van der Waals surface area contributed by atoms with Crippen molar-refractivity contribution in [2.75, 3.05) is 42.6 Å². The van der Waals surface area contributed by atoms with Crippen LogP contribution in [0, 0.1) is 0 Å². The molecule has 9 heteroatoms. The summed E-state index contributed by atoms with van der Waals surface area (Å²) in [6, 6.07) is 5.07. The van der Waals surface area contributed by atoms with Crippen LogP contribution in [0.1, 0.15) is 33.6 Å². The second-order valence-electron chi connectivity index (χ2n) is 7.58. The van der Waals surface area contributed by atoms with E-state index in [1.165, 1.54) is 4.31 Å². The van der Waals surface area contributed by atoms with Crippen molar-refractivity contribution in [3.63, 3.8) is 0 Å². The van der Waals surface area contributed by atoms with Gasteiger partial charge in [-0.3, -0.25) is 9.10 Å². The van der Waals surface area contributed by atoms with Crippen LogP contribution >= 0.6 is 11.8 Å². The average Bonchev–Trinajstić information content (AvgIpc) is 2.60. The van der Waals surface area contributed by atoms with Crippen LogP contribution < -0.4 is 19.1 Å². The fourth-order valence-corrected chi connectivity index (χ4v) is 4.47. The molecule has 2 rings (SSSR count). The van der Waals surface area contributed by atoms with Crippen LogP contribution in [-0.4, -0.2) is 57.4 Å². The molecular formula is C19H30N2O5S2. The fourth-order valence-electron chi connectivity index (χ4n) is 2.69. The topological polar surface area (TPSA) is 84.9 Å². The standard InChI is InChI=1S/C19H30N2O5S2/c1-19(2,3)27-13-9-20-18(22)6-5-10-21(28(4,23)24)15-7-8-16-17(14-15)26-12-11-25-16/h7-8,14H,5-6,9-13H2,1-4H3,(H,20,22). The van der Waals surface area contributed by atoms with Gasteiger partial charge in [-0.15, -0.1) is 0 Å². The van der Waals surface area contributed by atoms with Gasteiger partial charge >= 0.3 is 0 Å². The van der Waals surface area contributed by atoms with Gasteiger partial charge in [0.15, 0.2) is 11.5 Å². The van der Waals surface area contributed by atoms with Crippen molar-refractivity contribution in [2.24, 2.45) is 0 Å². The highest BCUT2D eigenvalue weighted by atomic mass is 32.2. The van der Waals surface area contributed by atoms with Gasteiger partial charge in [0, 0.05) is 36.1 Å². The lowest BCUT2D eigenvalue weighted by atomic mass is 10.2. The first kappa shape index (κ1) is 22.7. The van der Waals surface area contributed by atoms with E-state index in [2.05, 4.69) is 26.1 Å². The summed E-state index contributed by atoms with van der Waals surface area (Å²) >= 11 is 1.79. The summed E-state index contributed by atoms with van der Waals surface area (Å²) in [4.78, 5) is 12.0. The minimum atomic E-state index is -3.48. The van der Waals surface area contributed by atoms with Crippen molar-refractivity contribution in [1.82, 2.24) is 5.32 Å². The number of rotatable bonds is 9. The van der Waals surface area contributed by atoms with Crippen molar-refractivity contribution >= 4 is 33.4 Å². The molecule has 1 N–H and O–H groups in total. The number of hydrogen-bond donors (Lipinski definition) is 1. The largest absolute Gasteiger partial charge is 0.486 e. The van der Waals surface area contributed by atoms with E-state index in [0.29, 0.717) is 43.4 Å². The van der Waals surface area contributed by atoms with Crippen molar-refractivity contribution in [3.8, 4) is 11.5 Å². The van der Waals surface area contributed by atoms with Gasteiger partial charge in [0.1, 0.15) is 13.2 Å². The van der Waals surface area contributed by atoms with E-state index in [1.807, 2.05) is 0 Å². The summed E-state index contributed by atoms with van der Waals surface area (Å²) in [5.41, 5.74) is 0.508. The van der Waals surface area contributed by atoms with Crippen LogP contribution in [0.15, 0.2) is 18.2 Å². The maximum absolute atomic E-state index is 12.2. The fraction of sp³-hybridized carbons (Fsp3) is 0.632. The molecule has 0 radical (unpaired) electrons. The van der Waals surface area contributed by atoms with Crippen LogP contribution in [0.3, 0.4) is 0 Å². The number of ether oxygens (including phenoxy) is 2. The Hall–Kier alpha value is -1.61. The Bertz CT molecular complexity index is 775. The van der Waals surface area contributed by atoms with Gasteiger partial charge in [-0.1, -0.05) is 20.8 Å². The molecule has 0 bridgehead atoms. The average molecular weight is 431 g/mol. The summed E-state index contributed by atoms with van der Waals surface area (Å²) in [5.74, 6) is 1.93. The molecule has 0 aliphatic carbocycles. The maximum atomic E-state index is 12.2. The molecule has 0 atom stereocenters. The number of carbonyl (C=O) groups is 1. The number of benzene rings is 1. The van der Waals surface area contributed by atoms with E-state index in [4.69, 9.17) is 9.47 Å². The Morgan fingerprint density at radius 1 is 1.21 bits per heavy atom. The third kappa shape index (κ3) is 7.43. The molecule has 0 saturated carbocycles. The molecular weight excluding hydrogens is 400 g/mol. The minimum absolute atomic E-state index is 0.0647. The van der Waals surface area contributed by atoms with Gasteiger partial charge < -0.3 is 14.8 Å². The highest BCUT2D eigenvalue weighted by Gasteiger charge is 2.21. The van der Waals surface area contributed by atoms with E-state index >= 15 is 0 Å². The lowest BCUT2D eigenvalue weighted by Crippen LogP contribution is -2.32. The quantitative estimate of drug-likeness (QED) is 0.606. The molecule has 158 valence electrons. The van der Waals surface area contributed by atoms with E-state index in [9.17, 15) is 13.2 Å². The highest BCUT2D eigenvalue weighted by Crippen LogP contribution is 2.34. The normalized spacial score (nSPS) is 13.9. The number of fused-ring (bicyclic) bond motifs is 1. The number of anilines is 1. The smallest absolute Gasteiger partial charge is 0.232 e. The molecule has 28 heavy (non-hydrogen) atoms. The Balaban J connectivity index is 1.87. The molecule has 0 saturated heterocycles. The van der Waals surface area contributed by atoms with E-state index in [1.54, 1.807) is 30.0 Å². The molecule has 0 fully saturated rings. The molecule has 7 nitrogen and oxygen atoms in total. The number of nitrogens with one attached hydrogen (secondary N) is 1. The van der Waals surface area contributed by atoms with E-state index in [-0.39, 0.29) is 23.6 Å². The van der Waals surface area contributed by atoms with Gasteiger partial charge in [0.25, 0.3) is 0 Å². The molecule has 1 aliphatic rings.